The van der Waals surface area contributed by atoms with Crippen molar-refractivity contribution >= 4 is 33.3 Å². The fraction of sp³-hybridized carbons (Fsp3) is 0.278. The van der Waals surface area contributed by atoms with Gasteiger partial charge in [-0.3, -0.25) is 4.79 Å². The largest absolute Gasteiger partial charge is 0.365 e. The minimum atomic E-state index is 0.211. The van der Waals surface area contributed by atoms with Crippen molar-refractivity contribution in [1.29, 1.82) is 0 Å². The number of amides is 1. The van der Waals surface area contributed by atoms with Crippen LogP contribution >= 0.6 is 11.3 Å². The highest BCUT2D eigenvalue weighted by Crippen LogP contribution is 2.35. The van der Waals surface area contributed by atoms with E-state index < -0.39 is 0 Å². The summed E-state index contributed by atoms with van der Waals surface area (Å²) in [6, 6.07) is 12.7. The zero-order valence-electron chi connectivity index (χ0n) is 13.4. The molecule has 0 saturated carbocycles. The standard InChI is InChI=1S/C18H18N4OS/c1-22-10-13(7-8-16(22)23)21-17-14-9-15(12-5-3-2-4-6-12)24-18(14)20-11-19-17/h2-6,9,11,13H,7-8,10H2,1H3,(H,19,20,21). The Bertz CT molecular complexity index is 877. The first-order chi connectivity index (χ1) is 11.7. The van der Waals surface area contributed by atoms with Crippen LogP contribution in [0.4, 0.5) is 5.82 Å². The number of fused-ring (bicyclic) bond motifs is 1. The summed E-state index contributed by atoms with van der Waals surface area (Å²) >= 11 is 1.67. The minimum Gasteiger partial charge on any atom is -0.365 e. The van der Waals surface area contributed by atoms with Gasteiger partial charge in [-0.25, -0.2) is 9.97 Å². The summed E-state index contributed by atoms with van der Waals surface area (Å²) in [6.45, 7) is 0.708. The van der Waals surface area contributed by atoms with Crippen LogP contribution in [0.1, 0.15) is 12.8 Å². The molecule has 1 aliphatic heterocycles. The summed E-state index contributed by atoms with van der Waals surface area (Å²) in [6.07, 6.45) is 3.03. The molecule has 1 aromatic carbocycles. The Morgan fingerprint density at radius 1 is 1.25 bits per heavy atom. The van der Waals surface area contributed by atoms with Gasteiger partial charge in [0.1, 0.15) is 17.0 Å². The van der Waals surface area contributed by atoms with Crippen LogP contribution < -0.4 is 5.32 Å². The number of likely N-dealkylation sites (tertiary alicyclic amines) is 1. The van der Waals surface area contributed by atoms with E-state index in [-0.39, 0.29) is 11.9 Å². The maximum atomic E-state index is 11.6. The predicted octanol–water partition coefficient (Wildman–Crippen LogP) is 3.39. The van der Waals surface area contributed by atoms with Crippen LogP contribution in [0.25, 0.3) is 20.7 Å². The van der Waals surface area contributed by atoms with Crippen LogP contribution in [0.3, 0.4) is 0 Å². The first-order valence-corrected chi connectivity index (χ1v) is 8.83. The highest BCUT2D eigenvalue weighted by atomic mass is 32.1. The molecule has 5 nitrogen and oxygen atoms in total. The average Bonchev–Trinajstić information content (AvgIpc) is 3.04. The van der Waals surface area contributed by atoms with E-state index in [4.69, 9.17) is 0 Å². The normalized spacial score (nSPS) is 18.1. The van der Waals surface area contributed by atoms with Gasteiger partial charge in [0.25, 0.3) is 0 Å². The molecule has 3 aromatic rings. The van der Waals surface area contributed by atoms with Crippen LogP contribution in [0.5, 0.6) is 0 Å². The van der Waals surface area contributed by atoms with Crippen molar-refractivity contribution in [3.05, 3.63) is 42.7 Å². The molecule has 1 saturated heterocycles. The van der Waals surface area contributed by atoms with Crippen molar-refractivity contribution in [3.63, 3.8) is 0 Å². The van der Waals surface area contributed by atoms with Crippen molar-refractivity contribution < 1.29 is 4.79 Å². The number of carbonyl (C=O) groups excluding carboxylic acids is 1. The first kappa shape index (κ1) is 15.1. The maximum absolute atomic E-state index is 11.6. The number of carbonyl (C=O) groups is 1. The number of benzene rings is 1. The van der Waals surface area contributed by atoms with Crippen LogP contribution in [0, 0.1) is 0 Å². The van der Waals surface area contributed by atoms with E-state index in [0.29, 0.717) is 13.0 Å². The second-order valence-electron chi connectivity index (χ2n) is 6.07. The topological polar surface area (TPSA) is 58.1 Å². The molecule has 2 aromatic heterocycles. The number of hydrogen-bond acceptors (Lipinski definition) is 5. The van der Waals surface area contributed by atoms with E-state index in [1.807, 2.05) is 25.2 Å². The number of thiophene rings is 1. The van der Waals surface area contributed by atoms with Crippen molar-refractivity contribution in [2.75, 3.05) is 18.9 Å². The molecular weight excluding hydrogens is 320 g/mol. The molecule has 24 heavy (non-hydrogen) atoms. The number of likely N-dealkylation sites (N-methyl/N-ethyl adjacent to an activating group) is 1. The van der Waals surface area contributed by atoms with Crippen molar-refractivity contribution in [1.82, 2.24) is 14.9 Å². The highest BCUT2D eigenvalue weighted by Gasteiger charge is 2.23. The molecule has 0 aliphatic carbocycles. The summed E-state index contributed by atoms with van der Waals surface area (Å²) in [7, 11) is 1.85. The molecule has 1 unspecified atom stereocenters. The van der Waals surface area contributed by atoms with Crippen molar-refractivity contribution in [2.24, 2.45) is 0 Å². The minimum absolute atomic E-state index is 0.211. The number of anilines is 1. The molecule has 3 heterocycles. The second-order valence-corrected chi connectivity index (χ2v) is 7.10. The van der Waals surface area contributed by atoms with E-state index in [1.54, 1.807) is 22.6 Å². The van der Waals surface area contributed by atoms with Crippen LogP contribution in [0.2, 0.25) is 0 Å². The Balaban J connectivity index is 1.64. The van der Waals surface area contributed by atoms with Crippen LogP contribution in [0.15, 0.2) is 42.7 Å². The van der Waals surface area contributed by atoms with E-state index in [9.17, 15) is 4.79 Å². The molecule has 1 aliphatic rings. The first-order valence-electron chi connectivity index (χ1n) is 8.01. The van der Waals surface area contributed by atoms with Gasteiger partial charge in [-0.2, -0.15) is 0 Å². The summed E-state index contributed by atoms with van der Waals surface area (Å²) in [5.74, 6) is 1.06. The summed E-state index contributed by atoms with van der Waals surface area (Å²) < 4.78 is 0. The lowest BCUT2D eigenvalue weighted by atomic mass is 10.1. The smallest absolute Gasteiger partial charge is 0.222 e. The van der Waals surface area contributed by atoms with Crippen LogP contribution in [-0.2, 0) is 4.79 Å². The van der Waals surface area contributed by atoms with E-state index in [0.717, 1.165) is 22.5 Å². The zero-order valence-corrected chi connectivity index (χ0v) is 14.2. The van der Waals surface area contributed by atoms with Gasteiger partial charge in [-0.15, -0.1) is 11.3 Å². The molecule has 1 N–H and O–H groups in total. The Labute approximate surface area is 144 Å². The third-order valence-corrected chi connectivity index (χ3v) is 5.45. The number of hydrogen-bond donors (Lipinski definition) is 1. The highest BCUT2D eigenvalue weighted by molar-refractivity contribution is 7.21. The molecule has 1 amide bonds. The fourth-order valence-electron chi connectivity index (χ4n) is 3.04. The van der Waals surface area contributed by atoms with Crippen LogP contribution in [-0.4, -0.2) is 40.4 Å². The SMILES string of the molecule is CN1CC(Nc2ncnc3sc(-c4ccccc4)cc23)CCC1=O. The second kappa shape index (κ2) is 6.20. The molecule has 0 spiro atoms. The lowest BCUT2D eigenvalue weighted by Gasteiger charge is -2.30. The Kier molecular flexibility index (Phi) is 3.90. The molecule has 0 radical (unpaired) electrons. The number of piperidine rings is 1. The van der Waals surface area contributed by atoms with Crippen molar-refractivity contribution in [2.45, 2.75) is 18.9 Å². The van der Waals surface area contributed by atoms with E-state index in [1.165, 1.54) is 10.4 Å². The maximum Gasteiger partial charge on any atom is 0.222 e. The number of nitrogens with zero attached hydrogens (tertiary/aromatic N) is 3. The van der Waals surface area contributed by atoms with Gasteiger partial charge in [0, 0.05) is 30.9 Å². The number of nitrogens with one attached hydrogen (secondary N) is 1. The molecule has 4 rings (SSSR count). The molecule has 122 valence electrons. The zero-order chi connectivity index (χ0) is 16.5. The number of aromatic nitrogens is 2. The van der Waals surface area contributed by atoms with Gasteiger partial charge in [0.2, 0.25) is 5.91 Å². The predicted molar refractivity (Wildman–Crippen MR) is 97.1 cm³/mol. The average molecular weight is 338 g/mol. The monoisotopic (exact) mass is 338 g/mol. The van der Waals surface area contributed by atoms with Gasteiger partial charge in [-0.05, 0) is 18.1 Å². The lowest BCUT2D eigenvalue weighted by molar-refractivity contribution is -0.132. The molecule has 1 fully saturated rings. The lowest BCUT2D eigenvalue weighted by Crippen LogP contribution is -2.43. The van der Waals surface area contributed by atoms with Gasteiger partial charge >= 0.3 is 0 Å². The number of rotatable bonds is 3. The van der Waals surface area contributed by atoms with E-state index >= 15 is 0 Å². The molecule has 6 heteroatoms. The van der Waals surface area contributed by atoms with E-state index in [2.05, 4.69) is 33.5 Å². The summed E-state index contributed by atoms with van der Waals surface area (Å²) in [5.41, 5.74) is 1.19. The Morgan fingerprint density at radius 3 is 2.88 bits per heavy atom. The quantitative estimate of drug-likeness (QED) is 0.795. The third kappa shape index (κ3) is 2.85. The Morgan fingerprint density at radius 2 is 2.08 bits per heavy atom. The van der Waals surface area contributed by atoms with Crippen molar-refractivity contribution in [3.8, 4) is 10.4 Å². The molecular formula is C18H18N4OS. The fourth-order valence-corrected chi connectivity index (χ4v) is 4.04. The molecule has 1 atom stereocenters. The summed E-state index contributed by atoms with van der Waals surface area (Å²) in [4.78, 5) is 24.4. The van der Waals surface area contributed by atoms with Gasteiger partial charge in [0.15, 0.2) is 0 Å². The Hall–Kier alpha value is -2.47. The van der Waals surface area contributed by atoms with Gasteiger partial charge in [0.05, 0.1) is 5.39 Å². The third-order valence-electron chi connectivity index (χ3n) is 4.36. The summed E-state index contributed by atoms with van der Waals surface area (Å²) in [5, 5.41) is 4.54. The van der Waals surface area contributed by atoms with Gasteiger partial charge < -0.3 is 10.2 Å². The van der Waals surface area contributed by atoms with Gasteiger partial charge in [-0.1, -0.05) is 30.3 Å². The molecule has 0 bridgehead atoms.